The summed E-state index contributed by atoms with van der Waals surface area (Å²) in [6.45, 7) is 0.790. The Morgan fingerprint density at radius 3 is 2.43 bits per heavy atom. The first-order valence-electron chi connectivity index (χ1n) is 6.87. The molecule has 1 saturated carbocycles. The molecule has 0 aromatic carbocycles. The van der Waals surface area contributed by atoms with E-state index in [0.29, 0.717) is 6.42 Å². The van der Waals surface area contributed by atoms with Crippen LogP contribution < -0.4 is 11.5 Å². The lowest BCUT2D eigenvalue weighted by atomic mass is 9.63. The second-order valence-corrected chi connectivity index (χ2v) is 4.46. The lowest BCUT2D eigenvalue weighted by molar-refractivity contribution is 0.0904. The van der Waals surface area contributed by atoms with Gasteiger partial charge in [-0.05, 0) is 36.6 Å². The van der Waals surface area contributed by atoms with Crippen molar-refractivity contribution < 1.29 is 6.85 Å². The Labute approximate surface area is 107 Å². The van der Waals surface area contributed by atoms with Crippen molar-refractivity contribution in [3.63, 3.8) is 0 Å². The molecule has 1 aliphatic rings. The van der Waals surface area contributed by atoms with E-state index in [1.165, 1.54) is 0 Å². The summed E-state index contributed by atoms with van der Waals surface area (Å²) in [7, 11) is 0. The van der Waals surface area contributed by atoms with Crippen LogP contribution in [0, 0.1) is 10.8 Å². The van der Waals surface area contributed by atoms with Crippen molar-refractivity contribution in [3.05, 3.63) is 0 Å². The van der Waals surface area contributed by atoms with E-state index in [2.05, 4.69) is 0 Å². The summed E-state index contributed by atoms with van der Waals surface area (Å²) in [4.78, 5) is 0. The average molecular weight is 248 g/mol. The fourth-order valence-electron chi connectivity index (χ4n) is 2.06. The molecule has 0 bridgehead atoms. The fourth-order valence-corrected chi connectivity index (χ4v) is 2.06. The molecule has 2 nitrogen and oxygen atoms in total. The number of hydrogen-bond acceptors (Lipinski definition) is 2. The third-order valence-electron chi connectivity index (χ3n) is 2.31. The van der Waals surface area contributed by atoms with Crippen LogP contribution >= 0.6 is 24.8 Å². The van der Waals surface area contributed by atoms with Crippen molar-refractivity contribution in [2.45, 2.75) is 46.0 Å². The van der Waals surface area contributed by atoms with Gasteiger partial charge in [0.15, 0.2) is 0 Å². The second-order valence-electron chi connectivity index (χ2n) is 4.46. The Kier molecular flexibility index (Phi) is 3.42. The summed E-state index contributed by atoms with van der Waals surface area (Å²) >= 11 is 0. The Balaban J connectivity index is 0. The highest BCUT2D eigenvalue weighted by Crippen LogP contribution is 2.44. The van der Waals surface area contributed by atoms with Gasteiger partial charge < -0.3 is 11.5 Å². The Morgan fingerprint density at radius 2 is 2.00 bits per heavy atom. The molecule has 2 atom stereocenters. The van der Waals surface area contributed by atoms with E-state index < -0.39 is 24.1 Å². The van der Waals surface area contributed by atoms with E-state index in [0.717, 1.165) is 0 Å². The summed E-state index contributed by atoms with van der Waals surface area (Å²) in [6.07, 6.45) is -1.29. The van der Waals surface area contributed by atoms with Gasteiger partial charge in [0.05, 0.1) is 0 Å². The Bertz CT molecular complexity index is 309. The van der Waals surface area contributed by atoms with Crippen LogP contribution in [0.4, 0.5) is 0 Å². The largest absolute Gasteiger partial charge is 0.330 e. The lowest BCUT2D eigenvalue weighted by Crippen LogP contribution is -2.45. The zero-order chi connectivity index (χ0) is 13.7. The predicted octanol–water partition coefficient (Wildman–Crippen LogP) is 2.33. The van der Waals surface area contributed by atoms with Crippen LogP contribution in [0.1, 0.15) is 46.8 Å². The molecule has 0 amide bonds. The maximum absolute atomic E-state index is 8.25. The van der Waals surface area contributed by atoms with E-state index in [1.807, 2.05) is 0 Å². The van der Waals surface area contributed by atoms with Gasteiger partial charge in [0.25, 0.3) is 0 Å². The highest BCUT2D eigenvalue weighted by Gasteiger charge is 2.38. The zero-order valence-electron chi connectivity index (χ0n) is 13.7. The molecule has 4 heteroatoms. The molecular weight excluding hydrogens is 219 g/mol. The van der Waals surface area contributed by atoms with Crippen molar-refractivity contribution >= 4 is 24.8 Å². The van der Waals surface area contributed by atoms with Crippen LogP contribution in [0.3, 0.4) is 0 Å². The first-order valence-corrected chi connectivity index (χ1v) is 4.37. The molecule has 0 aromatic rings. The topological polar surface area (TPSA) is 52.0 Å². The van der Waals surface area contributed by atoms with Crippen molar-refractivity contribution in [3.8, 4) is 0 Å². The lowest BCUT2D eigenvalue weighted by Gasteiger charge is -2.45. The van der Waals surface area contributed by atoms with Gasteiger partial charge in [-0.1, -0.05) is 20.7 Å². The Hall–Kier alpha value is 0.500. The third-order valence-corrected chi connectivity index (χ3v) is 2.31. The van der Waals surface area contributed by atoms with Crippen LogP contribution in [0.2, 0.25) is 0 Å². The van der Waals surface area contributed by atoms with Crippen molar-refractivity contribution in [2.24, 2.45) is 22.3 Å². The minimum Gasteiger partial charge on any atom is -0.330 e. The van der Waals surface area contributed by atoms with Crippen LogP contribution in [0.15, 0.2) is 0 Å². The average Bonchev–Trinajstić information content (AvgIpc) is 2.08. The quantitative estimate of drug-likeness (QED) is 0.748. The minimum absolute atomic E-state index is 0. The summed E-state index contributed by atoms with van der Waals surface area (Å²) in [5.74, 6) is 0. The molecule has 0 spiro atoms. The van der Waals surface area contributed by atoms with E-state index >= 15 is 0 Å². The van der Waals surface area contributed by atoms with Crippen molar-refractivity contribution in [1.82, 2.24) is 0 Å². The van der Waals surface area contributed by atoms with Crippen LogP contribution in [0.5, 0.6) is 0 Å². The third kappa shape index (κ3) is 4.35. The molecule has 0 radical (unpaired) electrons. The normalized spacial score (nSPS) is 45.1. The molecule has 0 heterocycles. The number of hydrogen-bond donors (Lipinski definition) is 2. The smallest absolute Gasteiger partial charge is 0.0278 e. The van der Waals surface area contributed by atoms with Crippen LogP contribution in [0.25, 0.3) is 0 Å². The van der Waals surface area contributed by atoms with Crippen LogP contribution in [-0.2, 0) is 0 Å². The fraction of sp³-hybridized carbons (Fsp3) is 1.00. The molecule has 1 rings (SSSR count). The standard InChI is InChI=1S/C10H22N2.2ClH/c1-9(2)4-8(12)5-10(3,6-9)7-11;;/h8H,4-7,11-12H2,1-3H3;2*1H/i3D3,6D2;;. The van der Waals surface area contributed by atoms with E-state index in [-0.39, 0.29) is 43.8 Å². The molecule has 88 valence electrons. The van der Waals surface area contributed by atoms with E-state index in [9.17, 15) is 0 Å². The molecule has 0 saturated heterocycles. The van der Waals surface area contributed by atoms with Gasteiger partial charge in [-0.3, -0.25) is 0 Å². The molecule has 14 heavy (non-hydrogen) atoms. The minimum atomic E-state index is -2.44. The van der Waals surface area contributed by atoms with E-state index in [4.69, 9.17) is 18.3 Å². The zero-order valence-corrected chi connectivity index (χ0v) is 10.3. The summed E-state index contributed by atoms with van der Waals surface area (Å²) in [5.41, 5.74) is 9.19. The second kappa shape index (κ2) is 5.55. The summed E-state index contributed by atoms with van der Waals surface area (Å²) in [5, 5.41) is 0. The van der Waals surface area contributed by atoms with Gasteiger partial charge in [-0.15, -0.1) is 24.8 Å². The molecule has 2 unspecified atom stereocenters. The summed E-state index contributed by atoms with van der Waals surface area (Å²) < 4.78 is 39.5. The highest BCUT2D eigenvalue weighted by molar-refractivity contribution is 5.85. The molecule has 1 fully saturated rings. The Morgan fingerprint density at radius 1 is 1.43 bits per heavy atom. The maximum Gasteiger partial charge on any atom is 0.0278 e. The number of halogens is 2. The molecule has 4 N–H and O–H groups in total. The predicted molar refractivity (Wildman–Crippen MR) is 67.3 cm³/mol. The first kappa shape index (κ1) is 8.63. The van der Waals surface area contributed by atoms with Gasteiger partial charge >= 0.3 is 0 Å². The maximum atomic E-state index is 8.25. The van der Waals surface area contributed by atoms with Gasteiger partial charge in [-0.25, -0.2) is 0 Å². The van der Waals surface area contributed by atoms with Gasteiger partial charge in [0.1, 0.15) is 0 Å². The SMILES string of the molecule is Cl.Cl.[2H]C([2H])([2H])C1(CN)CC(N)CC(C)(C)C1([2H])[2H]. The number of rotatable bonds is 1. The molecule has 0 aromatic heterocycles. The van der Waals surface area contributed by atoms with E-state index in [1.54, 1.807) is 13.8 Å². The van der Waals surface area contributed by atoms with Gasteiger partial charge in [-0.2, -0.15) is 0 Å². The molecular formula is C10H24Cl2N2. The monoisotopic (exact) mass is 247 g/mol. The number of nitrogens with two attached hydrogens (primary N) is 2. The van der Waals surface area contributed by atoms with Crippen molar-refractivity contribution in [1.29, 1.82) is 0 Å². The first-order chi connectivity index (χ1) is 7.41. The van der Waals surface area contributed by atoms with Gasteiger partial charge in [0, 0.05) is 12.9 Å². The highest BCUT2D eigenvalue weighted by atomic mass is 35.5. The van der Waals surface area contributed by atoms with Gasteiger partial charge in [0.2, 0.25) is 0 Å². The molecule has 1 aliphatic carbocycles. The van der Waals surface area contributed by atoms with Crippen molar-refractivity contribution in [2.75, 3.05) is 6.54 Å². The summed E-state index contributed by atoms with van der Waals surface area (Å²) in [6, 6.07) is -0.321. The van der Waals surface area contributed by atoms with Crippen LogP contribution in [-0.4, -0.2) is 12.6 Å². The molecule has 0 aliphatic heterocycles.